The van der Waals surface area contributed by atoms with Crippen molar-refractivity contribution in [2.45, 2.75) is 26.0 Å². The standard InChI is InChI=1S/C19H20ClNO5/c1-25-16-6-5-14(11-21-18(22)7-8-19(23)24)17(10-16)26-12-13-3-2-4-15(20)9-13/h2-6,9-10H,7-8,11-12H2,1H3,(H,21,22)(H,23,24). The molecule has 0 spiro atoms. The van der Waals surface area contributed by atoms with E-state index in [4.69, 9.17) is 26.2 Å². The molecule has 2 rings (SSSR count). The highest BCUT2D eigenvalue weighted by Crippen LogP contribution is 2.26. The largest absolute Gasteiger partial charge is 0.497 e. The van der Waals surface area contributed by atoms with E-state index in [1.165, 1.54) is 0 Å². The first-order valence-corrected chi connectivity index (χ1v) is 8.38. The van der Waals surface area contributed by atoms with E-state index in [1.54, 1.807) is 31.4 Å². The third kappa shape index (κ3) is 6.29. The van der Waals surface area contributed by atoms with Crippen molar-refractivity contribution in [1.29, 1.82) is 0 Å². The van der Waals surface area contributed by atoms with Gasteiger partial charge in [0.15, 0.2) is 0 Å². The minimum absolute atomic E-state index is 0.0653. The Bertz CT molecular complexity index is 778. The highest BCUT2D eigenvalue weighted by atomic mass is 35.5. The molecule has 0 aliphatic rings. The second-order valence-electron chi connectivity index (χ2n) is 5.56. The van der Waals surface area contributed by atoms with Crippen molar-refractivity contribution in [2.75, 3.05) is 7.11 Å². The number of carbonyl (C=O) groups is 2. The first-order valence-electron chi connectivity index (χ1n) is 8.00. The smallest absolute Gasteiger partial charge is 0.303 e. The van der Waals surface area contributed by atoms with Gasteiger partial charge < -0.3 is 19.9 Å². The second-order valence-corrected chi connectivity index (χ2v) is 6.00. The van der Waals surface area contributed by atoms with Gasteiger partial charge in [-0.15, -0.1) is 0 Å². The molecule has 2 N–H and O–H groups in total. The number of ether oxygens (including phenoxy) is 2. The van der Waals surface area contributed by atoms with E-state index in [2.05, 4.69) is 5.32 Å². The number of rotatable bonds is 9. The molecule has 2 aromatic rings. The Morgan fingerprint density at radius 1 is 1.15 bits per heavy atom. The van der Waals surface area contributed by atoms with Crippen LogP contribution in [0.15, 0.2) is 42.5 Å². The summed E-state index contributed by atoms with van der Waals surface area (Å²) in [5.41, 5.74) is 1.67. The molecule has 1 amide bonds. The fourth-order valence-electron chi connectivity index (χ4n) is 2.23. The molecule has 0 aromatic heterocycles. The number of hydrogen-bond acceptors (Lipinski definition) is 4. The van der Waals surface area contributed by atoms with Crippen LogP contribution in [0.1, 0.15) is 24.0 Å². The summed E-state index contributed by atoms with van der Waals surface area (Å²) < 4.78 is 11.1. The molecule has 138 valence electrons. The van der Waals surface area contributed by atoms with E-state index >= 15 is 0 Å². The Morgan fingerprint density at radius 2 is 1.96 bits per heavy atom. The van der Waals surface area contributed by atoms with E-state index in [0.717, 1.165) is 11.1 Å². The minimum Gasteiger partial charge on any atom is -0.497 e. The van der Waals surface area contributed by atoms with Gasteiger partial charge in [0.25, 0.3) is 0 Å². The van der Waals surface area contributed by atoms with Gasteiger partial charge >= 0.3 is 5.97 Å². The van der Waals surface area contributed by atoms with Crippen molar-refractivity contribution in [1.82, 2.24) is 5.32 Å². The molecule has 0 saturated heterocycles. The quantitative estimate of drug-likeness (QED) is 0.699. The molecule has 0 saturated carbocycles. The van der Waals surface area contributed by atoms with E-state index in [0.29, 0.717) is 23.1 Å². The highest BCUT2D eigenvalue weighted by molar-refractivity contribution is 6.30. The third-order valence-electron chi connectivity index (χ3n) is 3.60. The van der Waals surface area contributed by atoms with Crippen LogP contribution in [-0.2, 0) is 22.7 Å². The van der Waals surface area contributed by atoms with Gasteiger partial charge in [0.2, 0.25) is 5.91 Å². The number of halogens is 1. The Hall–Kier alpha value is -2.73. The van der Waals surface area contributed by atoms with Crippen molar-refractivity contribution in [3.05, 3.63) is 58.6 Å². The maximum Gasteiger partial charge on any atom is 0.303 e. The predicted octanol–water partition coefficient (Wildman–Crippen LogP) is 3.41. The number of carbonyl (C=O) groups excluding carboxylic acids is 1. The van der Waals surface area contributed by atoms with Crippen molar-refractivity contribution in [2.24, 2.45) is 0 Å². The normalized spacial score (nSPS) is 10.2. The zero-order chi connectivity index (χ0) is 18.9. The summed E-state index contributed by atoms with van der Waals surface area (Å²) in [5.74, 6) is -0.131. The van der Waals surface area contributed by atoms with Crippen molar-refractivity contribution < 1.29 is 24.2 Å². The average molecular weight is 378 g/mol. The number of nitrogens with one attached hydrogen (secondary N) is 1. The van der Waals surface area contributed by atoms with Crippen LogP contribution in [0.5, 0.6) is 11.5 Å². The summed E-state index contributed by atoms with van der Waals surface area (Å²) in [6.07, 6.45) is -0.267. The molecule has 6 nitrogen and oxygen atoms in total. The molecule has 0 atom stereocenters. The zero-order valence-corrected chi connectivity index (χ0v) is 15.1. The van der Waals surface area contributed by atoms with Crippen LogP contribution in [0.4, 0.5) is 0 Å². The van der Waals surface area contributed by atoms with Crippen molar-refractivity contribution >= 4 is 23.5 Å². The van der Waals surface area contributed by atoms with Crippen LogP contribution in [0.25, 0.3) is 0 Å². The molecule has 0 unspecified atom stereocenters. The molecular formula is C19H20ClNO5. The molecule has 2 aromatic carbocycles. The third-order valence-corrected chi connectivity index (χ3v) is 3.83. The fraction of sp³-hybridized carbons (Fsp3) is 0.263. The maximum atomic E-state index is 11.7. The minimum atomic E-state index is -1.00. The monoisotopic (exact) mass is 377 g/mol. The topological polar surface area (TPSA) is 84.9 Å². The summed E-state index contributed by atoms with van der Waals surface area (Å²) in [6, 6.07) is 12.7. The van der Waals surface area contributed by atoms with Crippen molar-refractivity contribution in [3.8, 4) is 11.5 Å². The summed E-state index contributed by atoms with van der Waals surface area (Å²) in [6.45, 7) is 0.543. The number of carboxylic acids is 1. The van der Waals surface area contributed by atoms with Gasteiger partial charge in [-0.1, -0.05) is 23.7 Å². The number of hydrogen-bond donors (Lipinski definition) is 2. The Morgan fingerprint density at radius 3 is 2.65 bits per heavy atom. The Labute approximate surface area is 156 Å². The van der Waals surface area contributed by atoms with Crippen LogP contribution in [0, 0.1) is 0 Å². The van der Waals surface area contributed by atoms with Crippen LogP contribution in [0.3, 0.4) is 0 Å². The number of carboxylic acid groups (broad SMARTS) is 1. The van der Waals surface area contributed by atoms with E-state index < -0.39 is 5.97 Å². The van der Waals surface area contributed by atoms with Gasteiger partial charge in [0.05, 0.1) is 13.5 Å². The lowest BCUT2D eigenvalue weighted by Crippen LogP contribution is -2.23. The molecular weight excluding hydrogens is 358 g/mol. The number of amides is 1. The predicted molar refractivity (Wildman–Crippen MR) is 97.5 cm³/mol. The van der Waals surface area contributed by atoms with Gasteiger partial charge in [0.1, 0.15) is 18.1 Å². The van der Waals surface area contributed by atoms with Gasteiger partial charge in [-0.3, -0.25) is 9.59 Å². The first-order chi connectivity index (χ1) is 12.5. The van der Waals surface area contributed by atoms with E-state index in [9.17, 15) is 9.59 Å². The summed E-state index contributed by atoms with van der Waals surface area (Å²) >= 11 is 5.98. The summed E-state index contributed by atoms with van der Waals surface area (Å²) in [7, 11) is 1.56. The number of benzene rings is 2. The number of aliphatic carboxylic acids is 1. The SMILES string of the molecule is COc1ccc(CNC(=O)CCC(=O)O)c(OCc2cccc(Cl)c2)c1. The fourth-order valence-corrected chi connectivity index (χ4v) is 2.45. The molecule has 0 fully saturated rings. The zero-order valence-electron chi connectivity index (χ0n) is 14.3. The molecule has 0 aliphatic carbocycles. The Balaban J connectivity index is 2.03. The van der Waals surface area contributed by atoms with Gasteiger partial charge in [-0.25, -0.2) is 0 Å². The van der Waals surface area contributed by atoms with Crippen LogP contribution < -0.4 is 14.8 Å². The summed E-state index contributed by atoms with van der Waals surface area (Å²) in [5, 5.41) is 11.9. The highest BCUT2D eigenvalue weighted by Gasteiger charge is 2.10. The molecule has 0 aliphatic heterocycles. The lowest BCUT2D eigenvalue weighted by molar-refractivity contribution is -0.138. The maximum absolute atomic E-state index is 11.7. The number of methoxy groups -OCH3 is 1. The average Bonchev–Trinajstić information content (AvgIpc) is 2.63. The molecule has 0 radical (unpaired) electrons. The molecule has 0 bridgehead atoms. The van der Waals surface area contributed by atoms with Crippen LogP contribution >= 0.6 is 11.6 Å². The second kappa shape index (κ2) is 9.68. The van der Waals surface area contributed by atoms with Gasteiger partial charge in [-0.2, -0.15) is 0 Å². The molecule has 7 heteroatoms. The lowest BCUT2D eigenvalue weighted by atomic mass is 10.1. The van der Waals surface area contributed by atoms with E-state index in [1.807, 2.05) is 18.2 Å². The van der Waals surface area contributed by atoms with E-state index in [-0.39, 0.29) is 25.3 Å². The van der Waals surface area contributed by atoms with Gasteiger partial charge in [0, 0.05) is 29.6 Å². The van der Waals surface area contributed by atoms with Crippen molar-refractivity contribution in [3.63, 3.8) is 0 Å². The molecule has 26 heavy (non-hydrogen) atoms. The van der Waals surface area contributed by atoms with Gasteiger partial charge in [-0.05, 0) is 29.8 Å². The van der Waals surface area contributed by atoms with Crippen LogP contribution in [-0.4, -0.2) is 24.1 Å². The first kappa shape index (κ1) is 19.6. The lowest BCUT2D eigenvalue weighted by Gasteiger charge is -2.14. The molecule has 0 heterocycles. The Kier molecular flexibility index (Phi) is 7.29. The summed E-state index contributed by atoms with van der Waals surface area (Å²) in [4.78, 5) is 22.2. The van der Waals surface area contributed by atoms with Crippen LogP contribution in [0.2, 0.25) is 5.02 Å².